The summed E-state index contributed by atoms with van der Waals surface area (Å²) in [4.78, 5) is 37.2. The number of nitrogens with zero attached hydrogens (tertiary/aromatic N) is 1. The van der Waals surface area contributed by atoms with Crippen molar-refractivity contribution in [1.29, 1.82) is 0 Å². The molecule has 20 heavy (non-hydrogen) atoms. The maximum atomic E-state index is 12.2. The average Bonchev–Trinajstić information content (AvgIpc) is 2.33. The highest BCUT2D eigenvalue weighted by Gasteiger charge is 2.46. The number of rotatable bonds is 0. The topological polar surface area (TPSA) is 75.7 Å². The molecule has 6 heteroatoms. The van der Waals surface area contributed by atoms with Gasteiger partial charge < -0.3 is 15.0 Å². The number of hydrogen-bond donors (Lipinski definition) is 1. The predicted octanol–water partition coefficient (Wildman–Crippen LogP) is 1.09. The second-order valence-electron chi connectivity index (χ2n) is 6.66. The van der Waals surface area contributed by atoms with Crippen LogP contribution in [-0.2, 0) is 14.3 Å². The largest absolute Gasteiger partial charge is 0.444 e. The number of amides is 2. The van der Waals surface area contributed by atoms with Gasteiger partial charge in [0.25, 0.3) is 0 Å². The van der Waals surface area contributed by atoms with E-state index >= 15 is 0 Å². The molecule has 0 bridgehead atoms. The summed E-state index contributed by atoms with van der Waals surface area (Å²) in [7, 11) is 0. The highest BCUT2D eigenvalue weighted by Crippen LogP contribution is 2.34. The Hall–Kier alpha value is -1.59. The van der Waals surface area contributed by atoms with Crippen molar-refractivity contribution in [1.82, 2.24) is 10.2 Å². The fourth-order valence-corrected chi connectivity index (χ4v) is 2.75. The molecule has 1 unspecified atom stereocenters. The number of hydrogen-bond acceptors (Lipinski definition) is 4. The molecule has 1 spiro atoms. The Kier molecular flexibility index (Phi) is 3.75. The predicted molar refractivity (Wildman–Crippen MR) is 72.1 cm³/mol. The van der Waals surface area contributed by atoms with Crippen molar-refractivity contribution in [2.75, 3.05) is 19.6 Å². The van der Waals surface area contributed by atoms with Crippen LogP contribution in [0.4, 0.5) is 4.79 Å². The quantitative estimate of drug-likeness (QED) is 0.675. The number of likely N-dealkylation sites (tertiary alicyclic amines) is 1. The van der Waals surface area contributed by atoms with Gasteiger partial charge in [0.2, 0.25) is 5.91 Å². The zero-order valence-electron chi connectivity index (χ0n) is 12.3. The zero-order valence-corrected chi connectivity index (χ0v) is 12.3. The Morgan fingerprint density at radius 3 is 2.65 bits per heavy atom. The molecule has 6 nitrogen and oxygen atoms in total. The van der Waals surface area contributed by atoms with E-state index in [0.29, 0.717) is 26.1 Å². The van der Waals surface area contributed by atoms with Crippen LogP contribution in [0.15, 0.2) is 0 Å². The summed E-state index contributed by atoms with van der Waals surface area (Å²) in [6, 6.07) is 0. The molecule has 0 aromatic heterocycles. The van der Waals surface area contributed by atoms with Gasteiger partial charge in [0.1, 0.15) is 5.60 Å². The molecule has 2 saturated heterocycles. The summed E-state index contributed by atoms with van der Waals surface area (Å²) in [5.74, 6) is -0.287. The number of ether oxygens (including phenoxy) is 1. The van der Waals surface area contributed by atoms with E-state index in [4.69, 9.17) is 4.74 Å². The molecule has 2 aliphatic heterocycles. The molecule has 2 amide bonds. The lowest BCUT2D eigenvalue weighted by Gasteiger charge is -2.43. The van der Waals surface area contributed by atoms with E-state index in [0.717, 1.165) is 6.42 Å². The van der Waals surface area contributed by atoms with Crippen molar-refractivity contribution >= 4 is 17.8 Å². The van der Waals surface area contributed by atoms with E-state index in [9.17, 15) is 14.4 Å². The minimum atomic E-state index is -0.622. The van der Waals surface area contributed by atoms with Crippen LogP contribution in [0.5, 0.6) is 0 Å². The van der Waals surface area contributed by atoms with Gasteiger partial charge >= 0.3 is 6.09 Å². The zero-order chi connectivity index (χ0) is 15.0. The monoisotopic (exact) mass is 282 g/mol. The van der Waals surface area contributed by atoms with Gasteiger partial charge in [0.05, 0.1) is 11.8 Å². The second-order valence-corrected chi connectivity index (χ2v) is 6.66. The van der Waals surface area contributed by atoms with Gasteiger partial charge in [-0.2, -0.15) is 0 Å². The summed E-state index contributed by atoms with van der Waals surface area (Å²) in [6.45, 7) is 6.70. The minimum Gasteiger partial charge on any atom is -0.444 e. The Balaban J connectivity index is 2.07. The van der Waals surface area contributed by atoms with Gasteiger partial charge in [-0.1, -0.05) is 0 Å². The van der Waals surface area contributed by atoms with Crippen LogP contribution in [-0.4, -0.2) is 47.9 Å². The molecule has 0 radical (unpaired) electrons. The first-order valence-electron chi connectivity index (χ1n) is 7.00. The number of nitrogens with one attached hydrogen (secondary N) is 1. The van der Waals surface area contributed by atoms with E-state index in [2.05, 4.69) is 5.32 Å². The molecule has 1 N–H and O–H groups in total. The molecule has 2 fully saturated rings. The number of carbonyl (C=O) groups is 3. The third-order valence-electron chi connectivity index (χ3n) is 3.77. The fourth-order valence-electron chi connectivity index (χ4n) is 2.75. The molecule has 0 saturated carbocycles. The molecular formula is C14H22N2O4. The van der Waals surface area contributed by atoms with Crippen LogP contribution in [0.2, 0.25) is 0 Å². The van der Waals surface area contributed by atoms with Crippen molar-refractivity contribution in [3.8, 4) is 0 Å². The van der Waals surface area contributed by atoms with E-state index in [1.54, 1.807) is 4.90 Å². The Bertz CT molecular complexity index is 441. The van der Waals surface area contributed by atoms with Crippen LogP contribution >= 0.6 is 0 Å². The second kappa shape index (κ2) is 5.07. The van der Waals surface area contributed by atoms with Crippen LogP contribution in [0.3, 0.4) is 0 Å². The van der Waals surface area contributed by atoms with E-state index in [1.807, 2.05) is 20.8 Å². The Labute approximate surface area is 118 Å². The van der Waals surface area contributed by atoms with E-state index in [-0.39, 0.29) is 24.2 Å². The first-order valence-corrected chi connectivity index (χ1v) is 7.00. The molecule has 0 aliphatic carbocycles. The normalized spacial score (nSPS) is 27.4. The maximum absolute atomic E-state index is 12.2. The summed E-state index contributed by atoms with van der Waals surface area (Å²) in [5, 5.41) is 2.74. The SMILES string of the molecule is CC(C)(C)OC(=O)N1CCCC2(CNC(=O)CC2=O)C1. The van der Waals surface area contributed by atoms with Crippen molar-refractivity contribution in [3.63, 3.8) is 0 Å². The lowest BCUT2D eigenvalue weighted by molar-refractivity contribution is -0.141. The van der Waals surface area contributed by atoms with Gasteiger partial charge in [-0.05, 0) is 33.6 Å². The Morgan fingerprint density at radius 1 is 1.35 bits per heavy atom. The summed E-state index contributed by atoms with van der Waals surface area (Å²) in [6.07, 6.45) is 0.996. The number of ketones is 1. The van der Waals surface area contributed by atoms with Gasteiger partial charge in [-0.15, -0.1) is 0 Å². The lowest BCUT2D eigenvalue weighted by atomic mass is 9.73. The first-order chi connectivity index (χ1) is 9.22. The van der Waals surface area contributed by atoms with Crippen LogP contribution in [0, 0.1) is 5.41 Å². The first kappa shape index (κ1) is 14.8. The molecule has 2 rings (SSSR count). The Morgan fingerprint density at radius 2 is 2.05 bits per heavy atom. The number of Topliss-reactive ketones (excluding diaryl/α,β-unsaturated/α-hetero) is 1. The van der Waals surface area contributed by atoms with Crippen molar-refractivity contribution in [2.24, 2.45) is 5.41 Å². The molecular weight excluding hydrogens is 260 g/mol. The average molecular weight is 282 g/mol. The molecule has 2 aliphatic rings. The van der Waals surface area contributed by atoms with E-state index < -0.39 is 11.0 Å². The summed E-state index contributed by atoms with van der Waals surface area (Å²) >= 11 is 0. The van der Waals surface area contributed by atoms with Crippen LogP contribution < -0.4 is 5.32 Å². The summed E-state index contributed by atoms with van der Waals surface area (Å²) < 4.78 is 5.36. The standard InChI is InChI=1S/C14H22N2O4/c1-13(2,3)20-12(19)16-6-4-5-14(9-16)8-15-11(18)7-10(14)17/h4-9H2,1-3H3,(H,15,18). The summed E-state index contributed by atoms with van der Waals surface area (Å²) in [5.41, 5.74) is -1.17. The molecule has 2 heterocycles. The molecule has 1 atom stereocenters. The molecule has 0 aromatic carbocycles. The molecule has 112 valence electrons. The third-order valence-corrected chi connectivity index (χ3v) is 3.77. The minimum absolute atomic E-state index is 0.0606. The highest BCUT2D eigenvalue weighted by atomic mass is 16.6. The highest BCUT2D eigenvalue weighted by molar-refractivity contribution is 6.03. The van der Waals surface area contributed by atoms with Crippen LogP contribution in [0.25, 0.3) is 0 Å². The number of piperidine rings is 2. The van der Waals surface area contributed by atoms with Crippen molar-refractivity contribution in [2.45, 2.75) is 45.6 Å². The van der Waals surface area contributed by atoms with Gasteiger partial charge in [0.15, 0.2) is 5.78 Å². The number of carbonyl (C=O) groups excluding carboxylic acids is 3. The fraction of sp³-hybridized carbons (Fsp3) is 0.786. The van der Waals surface area contributed by atoms with Gasteiger partial charge in [0, 0.05) is 19.6 Å². The third kappa shape index (κ3) is 3.11. The van der Waals surface area contributed by atoms with Crippen LogP contribution in [0.1, 0.15) is 40.0 Å². The lowest BCUT2D eigenvalue weighted by Crippen LogP contribution is -2.58. The van der Waals surface area contributed by atoms with Crippen molar-refractivity contribution < 1.29 is 19.1 Å². The molecule has 0 aromatic rings. The maximum Gasteiger partial charge on any atom is 0.410 e. The van der Waals surface area contributed by atoms with Gasteiger partial charge in [-0.3, -0.25) is 9.59 Å². The van der Waals surface area contributed by atoms with Crippen molar-refractivity contribution in [3.05, 3.63) is 0 Å². The van der Waals surface area contributed by atoms with Gasteiger partial charge in [-0.25, -0.2) is 4.79 Å². The smallest absolute Gasteiger partial charge is 0.410 e. The van der Waals surface area contributed by atoms with E-state index in [1.165, 1.54) is 0 Å².